The van der Waals surface area contributed by atoms with Crippen molar-refractivity contribution in [1.82, 2.24) is 4.90 Å². The second-order valence-electron chi connectivity index (χ2n) is 6.02. The molecule has 0 unspecified atom stereocenters. The molecule has 0 atom stereocenters. The van der Waals surface area contributed by atoms with Crippen molar-refractivity contribution in [3.05, 3.63) is 65.2 Å². The quantitative estimate of drug-likeness (QED) is 0.192. The van der Waals surface area contributed by atoms with Crippen LogP contribution in [-0.4, -0.2) is 53.0 Å². The van der Waals surface area contributed by atoms with Gasteiger partial charge in [-0.1, -0.05) is 17.3 Å². The van der Waals surface area contributed by atoms with Crippen LogP contribution in [0.5, 0.6) is 0 Å². The van der Waals surface area contributed by atoms with Crippen LogP contribution in [0.4, 0.5) is 0 Å². The van der Waals surface area contributed by atoms with Gasteiger partial charge in [-0.05, 0) is 36.4 Å². The molecule has 0 spiro atoms. The smallest absolute Gasteiger partial charge is 0.337 e. The molecular formula is C20H18N2O5S. The number of benzene rings is 2. The summed E-state index contributed by atoms with van der Waals surface area (Å²) in [6.45, 7) is -0.0509. The highest BCUT2D eigenvalue weighted by Gasteiger charge is 2.35. The minimum Gasteiger partial charge on any atom is -0.465 e. The van der Waals surface area contributed by atoms with Gasteiger partial charge in [0.1, 0.15) is 0 Å². The molecule has 0 aromatic heterocycles. The van der Waals surface area contributed by atoms with E-state index in [9.17, 15) is 19.6 Å². The molecular weight excluding hydrogens is 380 g/mol. The van der Waals surface area contributed by atoms with Gasteiger partial charge in [0, 0.05) is 17.1 Å². The van der Waals surface area contributed by atoms with Crippen molar-refractivity contribution in [2.75, 3.05) is 19.4 Å². The van der Waals surface area contributed by atoms with Gasteiger partial charge in [0.05, 0.1) is 36.1 Å². The first kappa shape index (κ1) is 19.6. The number of oxime groups is 1. The van der Waals surface area contributed by atoms with Crippen LogP contribution in [-0.2, 0) is 4.74 Å². The molecule has 1 aliphatic rings. The fourth-order valence-corrected chi connectivity index (χ4v) is 3.72. The first-order valence-electron chi connectivity index (χ1n) is 8.51. The van der Waals surface area contributed by atoms with Gasteiger partial charge in [-0.25, -0.2) is 4.79 Å². The Bertz CT molecular complexity index is 905. The van der Waals surface area contributed by atoms with Crippen molar-refractivity contribution in [2.24, 2.45) is 5.16 Å². The molecule has 2 aromatic carbocycles. The Morgan fingerprint density at radius 2 is 1.68 bits per heavy atom. The third kappa shape index (κ3) is 4.07. The number of fused-ring (bicyclic) bond motifs is 1. The van der Waals surface area contributed by atoms with E-state index in [1.165, 1.54) is 18.9 Å². The lowest BCUT2D eigenvalue weighted by molar-refractivity contribution is 0.0599. The number of nitrogens with zero attached hydrogens (tertiary/aromatic N) is 2. The van der Waals surface area contributed by atoms with Gasteiger partial charge in [0.25, 0.3) is 11.8 Å². The predicted molar refractivity (Wildman–Crippen MR) is 104 cm³/mol. The van der Waals surface area contributed by atoms with E-state index in [4.69, 9.17) is 0 Å². The summed E-state index contributed by atoms with van der Waals surface area (Å²) >= 11 is 1.51. The number of carbonyl (C=O) groups is 3. The maximum atomic E-state index is 12.4. The van der Waals surface area contributed by atoms with Crippen molar-refractivity contribution < 1.29 is 24.3 Å². The number of methoxy groups -OCH3 is 1. The fraction of sp³-hybridized carbons (Fsp3) is 0.200. The molecule has 8 heteroatoms. The lowest BCUT2D eigenvalue weighted by atomic mass is 10.1. The Morgan fingerprint density at radius 3 is 2.21 bits per heavy atom. The highest BCUT2D eigenvalue weighted by Crippen LogP contribution is 2.23. The van der Waals surface area contributed by atoms with Crippen LogP contribution < -0.4 is 0 Å². The molecule has 0 saturated carbocycles. The van der Waals surface area contributed by atoms with Crippen LogP contribution in [0.25, 0.3) is 0 Å². The Morgan fingerprint density at radius 1 is 1.07 bits per heavy atom. The second kappa shape index (κ2) is 8.71. The molecule has 0 fully saturated rings. The zero-order valence-electron chi connectivity index (χ0n) is 15.1. The number of ether oxygens (including phenoxy) is 1. The summed E-state index contributed by atoms with van der Waals surface area (Å²) in [7, 11) is 1.33. The van der Waals surface area contributed by atoms with E-state index in [-0.39, 0.29) is 18.4 Å². The summed E-state index contributed by atoms with van der Waals surface area (Å²) in [5.74, 6) is -0.576. The SMILES string of the molecule is COC(=O)c1ccc(SCCC(CN2C(=O)c3ccccc3C2=O)=NO)cc1. The molecule has 0 saturated heterocycles. The molecule has 1 aliphatic heterocycles. The fourth-order valence-electron chi connectivity index (χ4n) is 2.82. The largest absolute Gasteiger partial charge is 0.465 e. The van der Waals surface area contributed by atoms with Gasteiger partial charge in [0.2, 0.25) is 0 Å². The molecule has 144 valence electrons. The van der Waals surface area contributed by atoms with E-state index in [0.717, 1.165) is 9.80 Å². The molecule has 0 bridgehead atoms. The topological polar surface area (TPSA) is 96.3 Å². The number of esters is 1. The van der Waals surface area contributed by atoms with E-state index < -0.39 is 5.97 Å². The van der Waals surface area contributed by atoms with E-state index in [2.05, 4.69) is 9.89 Å². The van der Waals surface area contributed by atoms with Crippen molar-refractivity contribution in [3.63, 3.8) is 0 Å². The van der Waals surface area contributed by atoms with Crippen LogP contribution >= 0.6 is 11.8 Å². The van der Waals surface area contributed by atoms with Gasteiger partial charge in [0.15, 0.2) is 0 Å². The van der Waals surface area contributed by atoms with E-state index in [1.54, 1.807) is 48.5 Å². The third-order valence-corrected chi connectivity index (χ3v) is 5.31. The summed E-state index contributed by atoms with van der Waals surface area (Å²) in [6.07, 6.45) is 0.396. The Balaban J connectivity index is 1.55. The number of hydrogen-bond acceptors (Lipinski definition) is 7. The van der Waals surface area contributed by atoms with E-state index in [1.807, 2.05) is 0 Å². The van der Waals surface area contributed by atoms with Crippen LogP contribution in [0, 0.1) is 0 Å². The molecule has 3 rings (SSSR count). The number of amides is 2. The van der Waals surface area contributed by atoms with Crippen LogP contribution in [0.3, 0.4) is 0 Å². The first-order chi connectivity index (χ1) is 13.5. The summed E-state index contributed by atoms with van der Waals surface area (Å²) in [4.78, 5) is 38.2. The number of thioether (sulfide) groups is 1. The Hall–Kier alpha value is -3.13. The lowest BCUT2D eigenvalue weighted by Gasteiger charge is -2.14. The standard InChI is InChI=1S/C20H18N2O5S/c1-27-20(25)13-6-8-15(9-7-13)28-11-10-14(21-26)12-22-18(23)16-4-2-3-5-17(16)19(22)24/h2-9,26H,10-12H2,1H3. The lowest BCUT2D eigenvalue weighted by Crippen LogP contribution is -2.35. The van der Waals surface area contributed by atoms with Gasteiger partial charge in [-0.15, -0.1) is 11.8 Å². The molecule has 7 nitrogen and oxygen atoms in total. The van der Waals surface area contributed by atoms with Gasteiger partial charge in [-0.2, -0.15) is 0 Å². The minimum atomic E-state index is -0.396. The van der Waals surface area contributed by atoms with Gasteiger partial charge >= 0.3 is 5.97 Å². The molecule has 1 heterocycles. The number of carbonyl (C=O) groups excluding carboxylic acids is 3. The van der Waals surface area contributed by atoms with Crippen LogP contribution in [0.2, 0.25) is 0 Å². The minimum absolute atomic E-state index is 0.0509. The number of rotatable bonds is 7. The molecule has 0 radical (unpaired) electrons. The molecule has 0 aliphatic carbocycles. The number of imide groups is 1. The molecule has 2 amide bonds. The Labute approximate surface area is 166 Å². The molecule has 2 aromatic rings. The highest BCUT2D eigenvalue weighted by atomic mass is 32.2. The average molecular weight is 398 g/mol. The monoisotopic (exact) mass is 398 g/mol. The maximum absolute atomic E-state index is 12.4. The maximum Gasteiger partial charge on any atom is 0.337 e. The van der Waals surface area contributed by atoms with Gasteiger partial charge < -0.3 is 9.94 Å². The summed E-state index contributed by atoms with van der Waals surface area (Å²) < 4.78 is 4.66. The molecule has 1 N–H and O–H groups in total. The van der Waals surface area contributed by atoms with Crippen molar-refractivity contribution >= 4 is 35.3 Å². The third-order valence-electron chi connectivity index (χ3n) is 4.30. The zero-order valence-corrected chi connectivity index (χ0v) is 15.9. The van der Waals surface area contributed by atoms with Gasteiger partial charge in [-0.3, -0.25) is 14.5 Å². The first-order valence-corrected chi connectivity index (χ1v) is 9.50. The normalized spacial score (nSPS) is 13.6. The Kier molecular flexibility index (Phi) is 6.10. The van der Waals surface area contributed by atoms with Crippen molar-refractivity contribution in [2.45, 2.75) is 11.3 Å². The summed E-state index contributed by atoms with van der Waals surface area (Å²) in [6, 6.07) is 13.6. The predicted octanol–water partition coefficient (Wildman–Crippen LogP) is 3.08. The zero-order chi connectivity index (χ0) is 20.1. The van der Waals surface area contributed by atoms with Crippen LogP contribution in [0.1, 0.15) is 37.5 Å². The molecule has 28 heavy (non-hydrogen) atoms. The average Bonchev–Trinajstić information content (AvgIpc) is 2.97. The highest BCUT2D eigenvalue weighted by molar-refractivity contribution is 7.99. The van der Waals surface area contributed by atoms with Crippen LogP contribution in [0.15, 0.2) is 58.6 Å². The van der Waals surface area contributed by atoms with Crippen molar-refractivity contribution in [1.29, 1.82) is 0 Å². The van der Waals surface area contributed by atoms with E-state index >= 15 is 0 Å². The number of hydrogen-bond donors (Lipinski definition) is 1. The second-order valence-corrected chi connectivity index (χ2v) is 7.19. The summed E-state index contributed by atoms with van der Waals surface area (Å²) in [5.41, 5.74) is 1.54. The van der Waals surface area contributed by atoms with E-state index in [0.29, 0.717) is 34.6 Å². The summed E-state index contributed by atoms with van der Waals surface area (Å²) in [5, 5.41) is 12.5. The van der Waals surface area contributed by atoms with Crippen molar-refractivity contribution in [3.8, 4) is 0 Å².